The average molecular weight is 404 g/mol. The fourth-order valence-electron chi connectivity index (χ4n) is 3.02. The number of hydrogen-bond acceptors (Lipinski definition) is 4. The predicted octanol–water partition coefficient (Wildman–Crippen LogP) is 4.98. The SMILES string of the molecule is CC1Sc2ccc(C(=O)Nc3ccc(CNc4ccccc4)cc3)cc2NC1=O. The zero-order valence-corrected chi connectivity index (χ0v) is 16.8. The van der Waals surface area contributed by atoms with E-state index < -0.39 is 0 Å². The van der Waals surface area contributed by atoms with Crippen molar-refractivity contribution >= 4 is 40.6 Å². The van der Waals surface area contributed by atoms with Crippen LogP contribution in [0.1, 0.15) is 22.8 Å². The summed E-state index contributed by atoms with van der Waals surface area (Å²) >= 11 is 1.50. The van der Waals surface area contributed by atoms with Gasteiger partial charge in [0.1, 0.15) is 0 Å². The maximum Gasteiger partial charge on any atom is 0.255 e. The first-order valence-corrected chi connectivity index (χ1v) is 10.3. The first kappa shape index (κ1) is 19.1. The molecule has 1 heterocycles. The summed E-state index contributed by atoms with van der Waals surface area (Å²) in [6, 6.07) is 23.1. The van der Waals surface area contributed by atoms with Crippen LogP contribution in [0.15, 0.2) is 77.7 Å². The molecule has 5 nitrogen and oxygen atoms in total. The third kappa shape index (κ3) is 4.60. The van der Waals surface area contributed by atoms with Crippen molar-refractivity contribution in [3.63, 3.8) is 0 Å². The number of carbonyl (C=O) groups is 2. The van der Waals surface area contributed by atoms with E-state index in [9.17, 15) is 9.59 Å². The number of benzene rings is 3. The van der Waals surface area contributed by atoms with Crippen LogP contribution in [0.5, 0.6) is 0 Å². The Morgan fingerprint density at radius 1 is 1.00 bits per heavy atom. The summed E-state index contributed by atoms with van der Waals surface area (Å²) in [5.41, 5.74) is 4.11. The zero-order chi connectivity index (χ0) is 20.2. The van der Waals surface area contributed by atoms with Gasteiger partial charge in [-0.2, -0.15) is 0 Å². The lowest BCUT2D eigenvalue weighted by Crippen LogP contribution is -2.26. The number of para-hydroxylation sites is 1. The molecule has 0 spiro atoms. The van der Waals surface area contributed by atoms with Crippen LogP contribution < -0.4 is 16.0 Å². The number of rotatable bonds is 5. The van der Waals surface area contributed by atoms with Crippen molar-refractivity contribution in [2.45, 2.75) is 23.6 Å². The van der Waals surface area contributed by atoms with Gasteiger partial charge >= 0.3 is 0 Å². The average Bonchev–Trinajstić information content (AvgIpc) is 2.74. The summed E-state index contributed by atoms with van der Waals surface area (Å²) in [6.07, 6.45) is 0. The minimum Gasteiger partial charge on any atom is -0.381 e. The maximum absolute atomic E-state index is 12.6. The lowest BCUT2D eigenvalue weighted by atomic mass is 10.1. The maximum atomic E-state index is 12.6. The largest absolute Gasteiger partial charge is 0.381 e. The molecule has 2 amide bonds. The Hall–Kier alpha value is -3.25. The molecular formula is C23H21N3O2S. The highest BCUT2D eigenvalue weighted by Crippen LogP contribution is 2.36. The number of thioether (sulfide) groups is 1. The van der Waals surface area contributed by atoms with Gasteiger partial charge < -0.3 is 16.0 Å². The van der Waals surface area contributed by atoms with Crippen LogP contribution in [-0.2, 0) is 11.3 Å². The van der Waals surface area contributed by atoms with Crippen LogP contribution in [0.4, 0.5) is 17.1 Å². The summed E-state index contributed by atoms with van der Waals surface area (Å²) < 4.78 is 0. The molecule has 4 rings (SSSR count). The molecule has 0 aromatic heterocycles. The first-order chi connectivity index (χ1) is 14.1. The third-order valence-electron chi connectivity index (χ3n) is 4.65. The normalized spacial score (nSPS) is 15.2. The van der Waals surface area contributed by atoms with E-state index in [2.05, 4.69) is 16.0 Å². The molecule has 0 saturated carbocycles. The van der Waals surface area contributed by atoms with Gasteiger partial charge in [0.25, 0.3) is 5.91 Å². The molecule has 1 atom stereocenters. The van der Waals surface area contributed by atoms with E-state index >= 15 is 0 Å². The number of nitrogens with one attached hydrogen (secondary N) is 3. The molecule has 0 bridgehead atoms. The quantitative estimate of drug-likeness (QED) is 0.562. The highest BCUT2D eigenvalue weighted by atomic mass is 32.2. The van der Waals surface area contributed by atoms with Crippen LogP contribution in [0.2, 0.25) is 0 Å². The topological polar surface area (TPSA) is 70.2 Å². The van der Waals surface area contributed by atoms with E-state index in [1.165, 1.54) is 11.8 Å². The molecule has 3 aromatic carbocycles. The number of fused-ring (bicyclic) bond motifs is 1. The second-order valence-electron chi connectivity index (χ2n) is 6.83. The van der Waals surface area contributed by atoms with Crippen LogP contribution in [0.3, 0.4) is 0 Å². The van der Waals surface area contributed by atoms with Crippen molar-refractivity contribution in [3.05, 3.63) is 83.9 Å². The van der Waals surface area contributed by atoms with E-state index in [1.54, 1.807) is 12.1 Å². The van der Waals surface area contributed by atoms with Gasteiger partial charge in [-0.25, -0.2) is 0 Å². The van der Waals surface area contributed by atoms with Crippen molar-refractivity contribution in [2.24, 2.45) is 0 Å². The number of amides is 2. The molecule has 29 heavy (non-hydrogen) atoms. The fraction of sp³-hybridized carbons (Fsp3) is 0.130. The predicted molar refractivity (Wildman–Crippen MR) is 119 cm³/mol. The van der Waals surface area contributed by atoms with Gasteiger partial charge in [-0.3, -0.25) is 9.59 Å². The Balaban J connectivity index is 1.38. The number of hydrogen-bond donors (Lipinski definition) is 3. The molecule has 0 aliphatic carbocycles. The Bertz CT molecular complexity index is 1040. The Labute approximate surface area is 173 Å². The van der Waals surface area contributed by atoms with E-state index in [0.717, 1.165) is 21.8 Å². The van der Waals surface area contributed by atoms with Crippen LogP contribution in [0, 0.1) is 0 Å². The van der Waals surface area contributed by atoms with Crippen LogP contribution in [-0.4, -0.2) is 17.1 Å². The minimum absolute atomic E-state index is 0.0419. The Kier molecular flexibility index (Phi) is 5.53. The Morgan fingerprint density at radius 3 is 2.52 bits per heavy atom. The number of anilines is 3. The van der Waals surface area contributed by atoms with Crippen molar-refractivity contribution in [2.75, 3.05) is 16.0 Å². The van der Waals surface area contributed by atoms with Crippen molar-refractivity contribution in [1.82, 2.24) is 0 Å². The van der Waals surface area contributed by atoms with Gasteiger partial charge in [-0.15, -0.1) is 11.8 Å². The monoisotopic (exact) mass is 403 g/mol. The molecule has 0 radical (unpaired) electrons. The fourth-order valence-corrected chi connectivity index (χ4v) is 3.95. The van der Waals surface area contributed by atoms with E-state index in [0.29, 0.717) is 17.8 Å². The summed E-state index contributed by atoms with van der Waals surface area (Å²) in [5.74, 6) is -0.249. The van der Waals surface area contributed by atoms with Gasteiger partial charge in [0.15, 0.2) is 0 Å². The smallest absolute Gasteiger partial charge is 0.255 e. The molecule has 146 valence electrons. The highest BCUT2D eigenvalue weighted by molar-refractivity contribution is 8.00. The summed E-state index contributed by atoms with van der Waals surface area (Å²) in [5, 5.41) is 9.00. The van der Waals surface area contributed by atoms with Gasteiger partial charge in [-0.05, 0) is 55.0 Å². The van der Waals surface area contributed by atoms with E-state index in [4.69, 9.17) is 0 Å². The van der Waals surface area contributed by atoms with E-state index in [1.807, 2.05) is 67.6 Å². The zero-order valence-electron chi connectivity index (χ0n) is 15.9. The molecule has 1 aliphatic rings. The second-order valence-corrected chi connectivity index (χ2v) is 8.21. The summed E-state index contributed by atoms with van der Waals surface area (Å²) in [7, 11) is 0. The molecule has 6 heteroatoms. The molecule has 3 N–H and O–H groups in total. The first-order valence-electron chi connectivity index (χ1n) is 9.39. The molecule has 1 unspecified atom stereocenters. The molecule has 0 saturated heterocycles. The van der Waals surface area contributed by atoms with Gasteiger partial charge in [0.05, 0.1) is 10.9 Å². The molecular weight excluding hydrogens is 382 g/mol. The summed E-state index contributed by atoms with van der Waals surface area (Å²) in [6.45, 7) is 2.57. The highest BCUT2D eigenvalue weighted by Gasteiger charge is 2.23. The minimum atomic E-state index is -0.208. The van der Waals surface area contributed by atoms with Crippen LogP contribution >= 0.6 is 11.8 Å². The number of carbonyl (C=O) groups excluding carboxylic acids is 2. The lowest BCUT2D eigenvalue weighted by molar-refractivity contribution is -0.115. The molecule has 0 fully saturated rings. The molecule has 3 aromatic rings. The van der Waals surface area contributed by atoms with Crippen LogP contribution in [0.25, 0.3) is 0 Å². The van der Waals surface area contributed by atoms with Gasteiger partial charge in [0.2, 0.25) is 5.91 Å². The summed E-state index contributed by atoms with van der Waals surface area (Å²) in [4.78, 5) is 25.4. The van der Waals surface area contributed by atoms with Gasteiger partial charge in [-0.1, -0.05) is 30.3 Å². The van der Waals surface area contributed by atoms with Crippen molar-refractivity contribution in [1.29, 1.82) is 0 Å². The Morgan fingerprint density at radius 2 is 1.76 bits per heavy atom. The molecule has 1 aliphatic heterocycles. The lowest BCUT2D eigenvalue weighted by Gasteiger charge is -2.21. The van der Waals surface area contributed by atoms with Crippen molar-refractivity contribution < 1.29 is 9.59 Å². The second kappa shape index (κ2) is 8.41. The third-order valence-corrected chi connectivity index (χ3v) is 5.83. The standard InChI is InChI=1S/C23H21N3O2S/c1-15-22(27)26-20-13-17(9-12-21(20)29-15)23(28)25-19-10-7-16(8-11-19)14-24-18-5-3-2-4-6-18/h2-13,15,24H,14H2,1H3,(H,25,28)(H,26,27). The van der Waals surface area contributed by atoms with Gasteiger partial charge in [0, 0.05) is 28.4 Å². The van der Waals surface area contributed by atoms with Crippen molar-refractivity contribution in [3.8, 4) is 0 Å². The van der Waals surface area contributed by atoms with E-state index in [-0.39, 0.29) is 17.1 Å².